The van der Waals surface area contributed by atoms with Crippen molar-refractivity contribution in [2.45, 2.75) is 32.6 Å². The fraction of sp³-hybridized carbons (Fsp3) is 0.238. The highest BCUT2D eigenvalue weighted by Gasteiger charge is 2.27. The van der Waals surface area contributed by atoms with Crippen LogP contribution in [-0.2, 0) is 0 Å². The molecular weight excluding hydrogens is 326 g/mol. The van der Waals surface area contributed by atoms with Crippen LogP contribution >= 0.6 is 0 Å². The van der Waals surface area contributed by atoms with Gasteiger partial charge in [0.25, 0.3) is 0 Å². The highest BCUT2D eigenvalue weighted by Crippen LogP contribution is 2.46. The Bertz CT molecular complexity index is 1170. The van der Waals surface area contributed by atoms with Gasteiger partial charge < -0.3 is 14.5 Å². The van der Waals surface area contributed by atoms with Crippen LogP contribution in [0.5, 0.6) is 0 Å². The molecule has 0 unspecified atom stereocenters. The van der Waals surface area contributed by atoms with Crippen LogP contribution in [0.1, 0.15) is 35.8 Å². The minimum Gasteiger partial charge on any atom is -0.361 e. The van der Waals surface area contributed by atoms with E-state index in [2.05, 4.69) is 45.5 Å². The molecule has 0 aliphatic heterocycles. The maximum absolute atomic E-state index is 12.0. The molecule has 26 heavy (non-hydrogen) atoms. The first-order chi connectivity index (χ1) is 12.6. The van der Waals surface area contributed by atoms with Gasteiger partial charge in [0.05, 0.1) is 16.7 Å². The summed E-state index contributed by atoms with van der Waals surface area (Å²) < 4.78 is 5.35. The Morgan fingerprint density at radius 2 is 1.88 bits per heavy atom. The van der Waals surface area contributed by atoms with Gasteiger partial charge in [0.1, 0.15) is 5.76 Å². The molecule has 1 aliphatic rings. The van der Waals surface area contributed by atoms with E-state index in [9.17, 15) is 4.79 Å². The van der Waals surface area contributed by atoms with E-state index in [4.69, 9.17) is 4.52 Å². The van der Waals surface area contributed by atoms with Gasteiger partial charge in [0.2, 0.25) is 0 Å². The second kappa shape index (κ2) is 5.46. The molecule has 5 nitrogen and oxygen atoms in total. The van der Waals surface area contributed by atoms with E-state index in [1.807, 2.05) is 19.9 Å². The van der Waals surface area contributed by atoms with Crippen LogP contribution in [0.2, 0.25) is 0 Å². The maximum Gasteiger partial charge on any atom is 0.323 e. The summed E-state index contributed by atoms with van der Waals surface area (Å²) in [6.07, 6.45) is 2.46. The Hall–Kier alpha value is -3.08. The van der Waals surface area contributed by atoms with Crippen molar-refractivity contribution in [2.24, 2.45) is 0 Å². The molecule has 1 aliphatic carbocycles. The molecule has 5 rings (SSSR count). The molecule has 5 heteroatoms. The molecular formula is C21H19N3O2. The van der Waals surface area contributed by atoms with E-state index in [0.717, 1.165) is 39.2 Å². The number of aryl methyl sites for hydroxylation is 2. The first kappa shape index (κ1) is 15.2. The van der Waals surface area contributed by atoms with Crippen molar-refractivity contribution in [1.29, 1.82) is 0 Å². The molecule has 2 heterocycles. The molecule has 0 bridgehead atoms. The molecule has 2 N–H and O–H groups in total. The van der Waals surface area contributed by atoms with Gasteiger partial charge in [-0.1, -0.05) is 29.4 Å². The Kier molecular flexibility index (Phi) is 3.19. The largest absolute Gasteiger partial charge is 0.361 e. The number of imidazole rings is 1. The van der Waals surface area contributed by atoms with Crippen LogP contribution < -0.4 is 5.69 Å². The smallest absolute Gasteiger partial charge is 0.323 e. The van der Waals surface area contributed by atoms with Crippen LogP contribution in [0.3, 0.4) is 0 Å². The molecule has 1 saturated carbocycles. The molecule has 0 saturated heterocycles. The van der Waals surface area contributed by atoms with Crippen molar-refractivity contribution in [3.05, 3.63) is 63.9 Å². The number of nitrogens with one attached hydrogen (secondary N) is 2. The van der Waals surface area contributed by atoms with E-state index in [1.165, 1.54) is 24.0 Å². The monoisotopic (exact) mass is 345 g/mol. The zero-order valence-corrected chi connectivity index (χ0v) is 14.7. The van der Waals surface area contributed by atoms with E-state index in [0.29, 0.717) is 5.92 Å². The fourth-order valence-electron chi connectivity index (χ4n) is 3.89. The molecule has 2 aromatic heterocycles. The van der Waals surface area contributed by atoms with E-state index in [-0.39, 0.29) is 5.69 Å². The lowest BCUT2D eigenvalue weighted by Crippen LogP contribution is -1.99. The molecule has 0 atom stereocenters. The van der Waals surface area contributed by atoms with E-state index < -0.39 is 0 Å². The first-order valence-electron chi connectivity index (χ1n) is 8.90. The van der Waals surface area contributed by atoms with Gasteiger partial charge in [-0.15, -0.1) is 0 Å². The Morgan fingerprint density at radius 3 is 2.62 bits per heavy atom. The van der Waals surface area contributed by atoms with Crippen molar-refractivity contribution in [2.75, 3.05) is 0 Å². The van der Waals surface area contributed by atoms with Crippen molar-refractivity contribution >= 4 is 11.0 Å². The minimum atomic E-state index is -0.193. The lowest BCUT2D eigenvalue weighted by molar-refractivity contribution is 0.393. The fourth-order valence-corrected chi connectivity index (χ4v) is 3.89. The van der Waals surface area contributed by atoms with Crippen LogP contribution in [0.25, 0.3) is 33.3 Å². The average Bonchev–Trinajstić information content (AvgIpc) is 3.33. The van der Waals surface area contributed by atoms with Crippen LogP contribution in [0, 0.1) is 13.8 Å². The standard InChI is InChI=1S/C21H19N3O2/c1-11-19(12(2)26-24-11)14-9-17(20-18(10-14)22-21(25)23-20)16-6-4-3-5-15(16)13-7-8-13/h3-6,9-10,13H,7-8H2,1-2H3,(H2,22,23,25). The Morgan fingerprint density at radius 1 is 1.08 bits per heavy atom. The summed E-state index contributed by atoms with van der Waals surface area (Å²) in [7, 11) is 0. The Labute approximate surface area is 150 Å². The topological polar surface area (TPSA) is 74.7 Å². The molecule has 4 aromatic rings. The highest BCUT2D eigenvalue weighted by atomic mass is 16.5. The third-order valence-electron chi connectivity index (χ3n) is 5.22. The lowest BCUT2D eigenvalue weighted by atomic mass is 9.92. The number of fused-ring (bicyclic) bond motifs is 1. The van der Waals surface area contributed by atoms with Gasteiger partial charge in [-0.3, -0.25) is 0 Å². The van der Waals surface area contributed by atoms with Gasteiger partial charge in [-0.25, -0.2) is 4.79 Å². The summed E-state index contributed by atoms with van der Waals surface area (Å²) >= 11 is 0. The van der Waals surface area contributed by atoms with Crippen molar-refractivity contribution in [1.82, 2.24) is 15.1 Å². The summed E-state index contributed by atoms with van der Waals surface area (Å²) in [5, 5.41) is 4.08. The van der Waals surface area contributed by atoms with Crippen molar-refractivity contribution in [3.63, 3.8) is 0 Å². The Balaban J connectivity index is 1.83. The van der Waals surface area contributed by atoms with Crippen LogP contribution in [-0.4, -0.2) is 15.1 Å². The molecule has 0 radical (unpaired) electrons. The number of aromatic amines is 2. The average molecular weight is 345 g/mol. The quantitative estimate of drug-likeness (QED) is 0.566. The molecule has 1 fully saturated rings. The van der Waals surface area contributed by atoms with Gasteiger partial charge in [-0.05, 0) is 61.4 Å². The zero-order chi connectivity index (χ0) is 17.8. The molecule has 130 valence electrons. The molecule has 0 spiro atoms. The number of aromatic nitrogens is 3. The zero-order valence-electron chi connectivity index (χ0n) is 14.7. The van der Waals surface area contributed by atoms with Crippen LogP contribution in [0.15, 0.2) is 45.7 Å². The maximum atomic E-state index is 12.0. The second-order valence-corrected chi connectivity index (χ2v) is 7.09. The summed E-state index contributed by atoms with van der Waals surface area (Å²) in [4.78, 5) is 17.9. The second-order valence-electron chi connectivity index (χ2n) is 7.09. The van der Waals surface area contributed by atoms with Gasteiger partial charge >= 0.3 is 5.69 Å². The van der Waals surface area contributed by atoms with Gasteiger partial charge in [0, 0.05) is 11.1 Å². The van der Waals surface area contributed by atoms with Crippen molar-refractivity contribution in [3.8, 4) is 22.3 Å². The van der Waals surface area contributed by atoms with Crippen molar-refractivity contribution < 1.29 is 4.52 Å². The predicted octanol–water partition coefficient (Wildman–Crippen LogP) is 4.67. The normalized spacial score (nSPS) is 14.2. The number of benzene rings is 2. The van der Waals surface area contributed by atoms with E-state index >= 15 is 0 Å². The summed E-state index contributed by atoms with van der Waals surface area (Å²) in [5.41, 5.74) is 7.87. The summed E-state index contributed by atoms with van der Waals surface area (Å²) in [6, 6.07) is 12.6. The minimum absolute atomic E-state index is 0.193. The van der Waals surface area contributed by atoms with Crippen LogP contribution in [0.4, 0.5) is 0 Å². The highest BCUT2D eigenvalue weighted by molar-refractivity contribution is 5.97. The summed E-state index contributed by atoms with van der Waals surface area (Å²) in [6.45, 7) is 3.85. The predicted molar refractivity (Wildman–Crippen MR) is 101 cm³/mol. The van der Waals surface area contributed by atoms with E-state index in [1.54, 1.807) is 0 Å². The number of nitrogens with zero attached hydrogens (tertiary/aromatic N) is 1. The first-order valence-corrected chi connectivity index (χ1v) is 8.90. The third kappa shape index (κ3) is 2.31. The lowest BCUT2D eigenvalue weighted by Gasteiger charge is -2.12. The summed E-state index contributed by atoms with van der Waals surface area (Å²) in [5.74, 6) is 1.40. The van der Waals surface area contributed by atoms with Gasteiger partial charge in [-0.2, -0.15) is 0 Å². The molecule has 0 amide bonds. The molecule has 2 aromatic carbocycles. The number of rotatable bonds is 3. The SMILES string of the molecule is Cc1noc(C)c1-c1cc(-c2ccccc2C2CC2)c2[nH]c(=O)[nH]c2c1. The third-order valence-corrected chi connectivity index (χ3v) is 5.22. The number of hydrogen-bond acceptors (Lipinski definition) is 3. The van der Waals surface area contributed by atoms with Gasteiger partial charge in [0.15, 0.2) is 0 Å². The number of hydrogen-bond donors (Lipinski definition) is 2. The number of H-pyrrole nitrogens is 2.